The molecule has 1 unspecified atom stereocenters. The molecule has 0 aliphatic carbocycles. The Kier molecular flexibility index (Phi) is 5.78. The van der Waals surface area contributed by atoms with Crippen LogP contribution < -0.4 is 11.3 Å². The van der Waals surface area contributed by atoms with Gasteiger partial charge in [-0.05, 0) is 18.9 Å². The number of hydrazine groups is 1. The van der Waals surface area contributed by atoms with Gasteiger partial charge in [0.15, 0.2) is 0 Å². The molecule has 0 amide bonds. The van der Waals surface area contributed by atoms with Gasteiger partial charge >= 0.3 is 0 Å². The summed E-state index contributed by atoms with van der Waals surface area (Å²) in [6.45, 7) is 7.15. The third-order valence-electron chi connectivity index (χ3n) is 2.46. The lowest BCUT2D eigenvalue weighted by Crippen LogP contribution is -2.36. The largest absolute Gasteiger partial charge is 0.377 e. The first-order valence-electron chi connectivity index (χ1n) is 5.47. The summed E-state index contributed by atoms with van der Waals surface area (Å²) in [5.74, 6) is 5.40. The van der Waals surface area contributed by atoms with Crippen LogP contribution in [-0.4, -0.2) is 12.6 Å². The molecule has 1 aromatic rings. The van der Waals surface area contributed by atoms with E-state index >= 15 is 0 Å². The quantitative estimate of drug-likeness (QED) is 0.320. The van der Waals surface area contributed by atoms with Crippen molar-refractivity contribution < 1.29 is 4.74 Å². The fraction of sp³-hybridized carbons (Fsp3) is 0.385. The lowest BCUT2D eigenvalue weighted by atomic mass is 10.1. The van der Waals surface area contributed by atoms with Crippen LogP contribution in [0.25, 0.3) is 0 Å². The number of benzene rings is 1. The maximum absolute atomic E-state index is 5.57. The van der Waals surface area contributed by atoms with Gasteiger partial charge in [-0.2, -0.15) is 0 Å². The molecule has 3 N–H and O–H groups in total. The molecule has 1 aromatic carbocycles. The summed E-state index contributed by atoms with van der Waals surface area (Å²) in [6.07, 6.45) is 0.846. The SMILES string of the molecule is C=C(C)C(CCOCc1ccccc1)NN. The zero-order chi connectivity index (χ0) is 11.8. The number of hydrogen-bond donors (Lipinski definition) is 2. The van der Waals surface area contributed by atoms with Crippen molar-refractivity contribution in [2.45, 2.75) is 26.0 Å². The van der Waals surface area contributed by atoms with Gasteiger partial charge in [0.1, 0.15) is 0 Å². The minimum Gasteiger partial charge on any atom is -0.377 e. The lowest BCUT2D eigenvalue weighted by Gasteiger charge is -2.15. The van der Waals surface area contributed by atoms with Gasteiger partial charge in [-0.3, -0.25) is 11.3 Å². The molecular formula is C13H20N2O. The Hall–Kier alpha value is -1.16. The highest BCUT2D eigenvalue weighted by atomic mass is 16.5. The fourth-order valence-electron chi connectivity index (χ4n) is 1.44. The van der Waals surface area contributed by atoms with Gasteiger partial charge in [0, 0.05) is 12.6 Å². The number of nitrogens with two attached hydrogens (primary N) is 1. The molecule has 0 aliphatic heterocycles. The molecule has 16 heavy (non-hydrogen) atoms. The van der Waals surface area contributed by atoms with Crippen LogP contribution in [0.2, 0.25) is 0 Å². The van der Waals surface area contributed by atoms with E-state index in [0.717, 1.165) is 12.0 Å². The van der Waals surface area contributed by atoms with E-state index in [-0.39, 0.29) is 6.04 Å². The zero-order valence-electron chi connectivity index (χ0n) is 9.78. The normalized spacial score (nSPS) is 12.4. The Morgan fingerprint density at radius 2 is 2.12 bits per heavy atom. The molecule has 0 bridgehead atoms. The predicted octanol–water partition coefficient (Wildman–Crippen LogP) is 2.00. The highest BCUT2D eigenvalue weighted by molar-refractivity contribution is 5.13. The standard InChI is InChI=1S/C13H20N2O/c1-11(2)13(15-14)8-9-16-10-12-6-4-3-5-7-12/h3-7,13,15H,1,8-10,14H2,2H3. The monoisotopic (exact) mass is 220 g/mol. The minimum absolute atomic E-state index is 0.135. The van der Waals surface area contributed by atoms with Crippen LogP contribution in [0.1, 0.15) is 18.9 Å². The molecule has 3 nitrogen and oxygen atoms in total. The van der Waals surface area contributed by atoms with Crippen LogP contribution in [0.15, 0.2) is 42.5 Å². The van der Waals surface area contributed by atoms with Crippen LogP contribution in [0.4, 0.5) is 0 Å². The Labute approximate surface area is 97.3 Å². The second-order valence-electron chi connectivity index (χ2n) is 3.89. The van der Waals surface area contributed by atoms with Crippen LogP contribution in [0, 0.1) is 0 Å². The maximum Gasteiger partial charge on any atom is 0.0716 e. The Bertz CT molecular complexity index is 311. The number of nitrogens with one attached hydrogen (secondary N) is 1. The third-order valence-corrected chi connectivity index (χ3v) is 2.46. The molecular weight excluding hydrogens is 200 g/mol. The Morgan fingerprint density at radius 3 is 2.69 bits per heavy atom. The fourth-order valence-corrected chi connectivity index (χ4v) is 1.44. The van der Waals surface area contributed by atoms with E-state index in [1.807, 2.05) is 25.1 Å². The summed E-state index contributed by atoms with van der Waals surface area (Å²) >= 11 is 0. The molecule has 1 atom stereocenters. The van der Waals surface area contributed by atoms with Gasteiger partial charge < -0.3 is 4.74 Å². The first-order valence-corrected chi connectivity index (χ1v) is 5.47. The van der Waals surface area contributed by atoms with Crippen molar-refractivity contribution in [3.8, 4) is 0 Å². The van der Waals surface area contributed by atoms with Gasteiger partial charge in [-0.1, -0.05) is 42.5 Å². The van der Waals surface area contributed by atoms with Gasteiger partial charge in [0.25, 0.3) is 0 Å². The predicted molar refractivity (Wildman–Crippen MR) is 66.6 cm³/mol. The van der Waals surface area contributed by atoms with E-state index in [1.165, 1.54) is 5.56 Å². The number of ether oxygens (including phenoxy) is 1. The van der Waals surface area contributed by atoms with E-state index in [4.69, 9.17) is 10.6 Å². The van der Waals surface area contributed by atoms with E-state index < -0.39 is 0 Å². The second-order valence-corrected chi connectivity index (χ2v) is 3.89. The molecule has 3 heteroatoms. The molecule has 1 rings (SSSR count). The van der Waals surface area contributed by atoms with Crippen molar-refractivity contribution in [2.75, 3.05) is 6.61 Å². The highest BCUT2D eigenvalue weighted by Crippen LogP contribution is 2.04. The molecule has 0 aliphatic rings. The van der Waals surface area contributed by atoms with Gasteiger partial charge in [-0.25, -0.2) is 0 Å². The van der Waals surface area contributed by atoms with E-state index in [1.54, 1.807) is 0 Å². The first kappa shape index (κ1) is 12.9. The van der Waals surface area contributed by atoms with Gasteiger partial charge in [0.2, 0.25) is 0 Å². The van der Waals surface area contributed by atoms with E-state index in [0.29, 0.717) is 13.2 Å². The first-order chi connectivity index (χ1) is 7.74. The Balaban J connectivity index is 2.19. The zero-order valence-corrected chi connectivity index (χ0v) is 9.78. The van der Waals surface area contributed by atoms with Crippen molar-refractivity contribution in [3.05, 3.63) is 48.0 Å². The van der Waals surface area contributed by atoms with Crippen molar-refractivity contribution >= 4 is 0 Å². The summed E-state index contributed by atoms with van der Waals surface area (Å²) in [5.41, 5.74) is 4.94. The molecule has 0 heterocycles. The Morgan fingerprint density at radius 1 is 1.44 bits per heavy atom. The maximum atomic E-state index is 5.57. The van der Waals surface area contributed by atoms with Gasteiger partial charge in [0.05, 0.1) is 6.61 Å². The molecule has 88 valence electrons. The van der Waals surface area contributed by atoms with Crippen molar-refractivity contribution in [1.29, 1.82) is 0 Å². The molecule has 0 saturated heterocycles. The number of hydrogen-bond acceptors (Lipinski definition) is 3. The average Bonchev–Trinajstić information content (AvgIpc) is 2.30. The van der Waals surface area contributed by atoms with Crippen LogP contribution in [-0.2, 0) is 11.3 Å². The summed E-state index contributed by atoms with van der Waals surface area (Å²) in [7, 11) is 0. The van der Waals surface area contributed by atoms with Gasteiger partial charge in [-0.15, -0.1) is 0 Å². The van der Waals surface area contributed by atoms with Crippen LogP contribution >= 0.6 is 0 Å². The second kappa shape index (κ2) is 7.17. The van der Waals surface area contributed by atoms with Crippen molar-refractivity contribution in [2.24, 2.45) is 5.84 Å². The minimum atomic E-state index is 0.135. The smallest absolute Gasteiger partial charge is 0.0716 e. The average molecular weight is 220 g/mol. The summed E-state index contributed by atoms with van der Waals surface area (Å²) in [5, 5.41) is 0. The summed E-state index contributed by atoms with van der Waals surface area (Å²) < 4.78 is 5.57. The van der Waals surface area contributed by atoms with Crippen LogP contribution in [0.5, 0.6) is 0 Å². The lowest BCUT2D eigenvalue weighted by molar-refractivity contribution is 0.113. The van der Waals surface area contributed by atoms with E-state index in [2.05, 4.69) is 24.1 Å². The molecule has 0 radical (unpaired) electrons. The van der Waals surface area contributed by atoms with Crippen LogP contribution in [0.3, 0.4) is 0 Å². The molecule has 0 spiro atoms. The molecule has 0 aromatic heterocycles. The highest BCUT2D eigenvalue weighted by Gasteiger charge is 2.05. The third kappa shape index (κ3) is 4.57. The topological polar surface area (TPSA) is 47.3 Å². The van der Waals surface area contributed by atoms with E-state index in [9.17, 15) is 0 Å². The molecule has 0 fully saturated rings. The van der Waals surface area contributed by atoms with Crippen molar-refractivity contribution in [3.63, 3.8) is 0 Å². The van der Waals surface area contributed by atoms with Crippen molar-refractivity contribution in [1.82, 2.24) is 5.43 Å². The molecule has 0 saturated carbocycles. The number of rotatable bonds is 7. The summed E-state index contributed by atoms with van der Waals surface area (Å²) in [6, 6.07) is 10.3. The summed E-state index contributed by atoms with van der Waals surface area (Å²) in [4.78, 5) is 0.